The van der Waals surface area contributed by atoms with Crippen LogP contribution < -0.4 is 5.73 Å². The van der Waals surface area contributed by atoms with Gasteiger partial charge in [0.25, 0.3) is 0 Å². The maximum Gasteiger partial charge on any atom is 0.305 e. The van der Waals surface area contributed by atoms with E-state index in [2.05, 4.69) is 0 Å². The van der Waals surface area contributed by atoms with Crippen molar-refractivity contribution >= 4 is 5.69 Å². The molecule has 0 atom stereocenters. The van der Waals surface area contributed by atoms with E-state index in [4.69, 9.17) is 5.73 Å². The third-order valence-corrected chi connectivity index (χ3v) is 2.21. The minimum Gasteiger partial charge on any atom is -0.329 e. The first-order chi connectivity index (χ1) is 7.56. The summed E-state index contributed by atoms with van der Waals surface area (Å²) in [6.07, 6.45) is 0. The van der Waals surface area contributed by atoms with Gasteiger partial charge in [0.15, 0.2) is 0 Å². The molecule has 2 N–H and O–H groups in total. The highest BCUT2D eigenvalue weighted by molar-refractivity contribution is 5.36. The molecule has 0 radical (unpaired) electrons. The summed E-state index contributed by atoms with van der Waals surface area (Å²) in [5.41, 5.74) is 5.18. The smallest absolute Gasteiger partial charge is 0.305 e. The fourth-order valence-electron chi connectivity index (χ4n) is 1.42. The van der Waals surface area contributed by atoms with Gasteiger partial charge in [-0.25, -0.2) is 0 Å². The number of nitrogens with two attached hydrogens (primary N) is 1. The summed E-state index contributed by atoms with van der Waals surface area (Å²) in [5, 5.41) is 10.5. The molecule has 0 aliphatic carbocycles. The van der Waals surface area contributed by atoms with Crippen LogP contribution in [0.5, 0.6) is 0 Å². The van der Waals surface area contributed by atoms with Crippen molar-refractivity contribution < 1.29 is 9.31 Å². The number of nitro groups is 1. The third kappa shape index (κ3) is 2.98. The monoisotopic (exact) mass is 227 g/mol. The van der Waals surface area contributed by atoms with Crippen molar-refractivity contribution in [1.29, 1.82) is 0 Å². The molecule has 0 fully saturated rings. The number of likely N-dealkylation sites (N-methyl/N-ethyl adjacent to an activating group) is 1. The lowest BCUT2D eigenvalue weighted by atomic mass is 10.1. The summed E-state index contributed by atoms with van der Waals surface area (Å²) in [6, 6.07) is 4.17. The standard InChI is InChI=1S/C10H14FN3O2/c1-13(6-5-12)7-8-3-2-4-9(10(8)11)14(15)16/h2-4H,5-7,12H2,1H3. The summed E-state index contributed by atoms with van der Waals surface area (Å²) in [4.78, 5) is 11.6. The molecule has 0 unspecified atom stereocenters. The fraction of sp³-hybridized carbons (Fsp3) is 0.400. The van der Waals surface area contributed by atoms with Crippen molar-refractivity contribution in [1.82, 2.24) is 4.90 Å². The maximum atomic E-state index is 13.6. The Balaban J connectivity index is 2.89. The number of hydrogen-bond donors (Lipinski definition) is 1. The van der Waals surface area contributed by atoms with E-state index >= 15 is 0 Å². The molecular weight excluding hydrogens is 213 g/mol. The first-order valence-electron chi connectivity index (χ1n) is 4.86. The molecular formula is C10H14FN3O2. The van der Waals surface area contributed by atoms with Crippen molar-refractivity contribution in [3.8, 4) is 0 Å². The van der Waals surface area contributed by atoms with Gasteiger partial charge in [0.2, 0.25) is 5.82 Å². The second-order valence-electron chi connectivity index (χ2n) is 3.53. The van der Waals surface area contributed by atoms with Gasteiger partial charge in [-0.05, 0) is 7.05 Å². The molecule has 0 saturated heterocycles. The molecule has 0 heterocycles. The van der Waals surface area contributed by atoms with Gasteiger partial charge in [-0.3, -0.25) is 10.1 Å². The predicted molar refractivity (Wildman–Crippen MR) is 58.4 cm³/mol. The molecule has 1 aromatic carbocycles. The highest BCUT2D eigenvalue weighted by atomic mass is 19.1. The molecule has 16 heavy (non-hydrogen) atoms. The second kappa shape index (κ2) is 5.53. The van der Waals surface area contributed by atoms with Crippen LogP contribution in [-0.2, 0) is 6.54 Å². The van der Waals surface area contributed by atoms with Gasteiger partial charge < -0.3 is 10.6 Å². The van der Waals surface area contributed by atoms with Gasteiger partial charge in [-0.1, -0.05) is 12.1 Å². The minimum absolute atomic E-state index is 0.310. The van der Waals surface area contributed by atoms with E-state index in [0.29, 0.717) is 25.2 Å². The second-order valence-corrected chi connectivity index (χ2v) is 3.53. The molecule has 0 amide bonds. The summed E-state index contributed by atoms with van der Waals surface area (Å²) < 4.78 is 13.6. The molecule has 88 valence electrons. The quantitative estimate of drug-likeness (QED) is 0.604. The number of nitro benzene ring substituents is 1. The average molecular weight is 227 g/mol. The number of rotatable bonds is 5. The van der Waals surface area contributed by atoms with E-state index in [9.17, 15) is 14.5 Å². The summed E-state index contributed by atoms with van der Waals surface area (Å²) in [5.74, 6) is -0.767. The lowest BCUT2D eigenvalue weighted by Crippen LogP contribution is -2.25. The zero-order valence-corrected chi connectivity index (χ0v) is 9.02. The summed E-state index contributed by atoms with van der Waals surface area (Å²) in [6.45, 7) is 1.39. The van der Waals surface area contributed by atoms with E-state index in [-0.39, 0.29) is 0 Å². The van der Waals surface area contributed by atoms with Crippen LogP contribution in [-0.4, -0.2) is 30.0 Å². The van der Waals surface area contributed by atoms with Crippen LogP contribution in [0.3, 0.4) is 0 Å². The molecule has 5 nitrogen and oxygen atoms in total. The number of hydrogen-bond acceptors (Lipinski definition) is 4. The molecule has 1 rings (SSSR count). The van der Waals surface area contributed by atoms with Gasteiger partial charge in [-0.15, -0.1) is 0 Å². The van der Waals surface area contributed by atoms with Crippen molar-refractivity contribution in [3.05, 3.63) is 39.7 Å². The predicted octanol–water partition coefficient (Wildman–Crippen LogP) is 1.12. The van der Waals surface area contributed by atoms with Gasteiger partial charge in [0, 0.05) is 31.3 Å². The first kappa shape index (κ1) is 12.5. The zero-order chi connectivity index (χ0) is 12.1. The van der Waals surface area contributed by atoms with Crippen molar-refractivity contribution in [3.63, 3.8) is 0 Å². The molecule has 0 aliphatic rings. The Morgan fingerprint density at radius 3 is 2.81 bits per heavy atom. The lowest BCUT2D eigenvalue weighted by molar-refractivity contribution is -0.387. The Hall–Kier alpha value is -1.53. The Bertz CT molecular complexity index is 384. The Kier molecular flexibility index (Phi) is 4.33. The Morgan fingerprint density at radius 2 is 2.25 bits per heavy atom. The normalized spacial score (nSPS) is 10.8. The number of nitrogens with zero attached hydrogens (tertiary/aromatic N) is 2. The Morgan fingerprint density at radius 1 is 1.56 bits per heavy atom. The minimum atomic E-state index is -0.767. The summed E-state index contributed by atoms with van der Waals surface area (Å²) in [7, 11) is 1.78. The average Bonchev–Trinajstić information content (AvgIpc) is 2.21. The van der Waals surface area contributed by atoms with E-state index < -0.39 is 16.4 Å². The molecule has 0 aliphatic heterocycles. The van der Waals surface area contributed by atoms with E-state index in [0.717, 1.165) is 6.07 Å². The zero-order valence-electron chi connectivity index (χ0n) is 9.02. The number of halogens is 1. The SMILES string of the molecule is CN(CCN)Cc1cccc([N+](=O)[O-])c1F. The van der Waals surface area contributed by atoms with E-state index in [1.807, 2.05) is 4.90 Å². The topological polar surface area (TPSA) is 72.4 Å². The van der Waals surface area contributed by atoms with Gasteiger partial charge in [0.1, 0.15) is 0 Å². The molecule has 0 aromatic heterocycles. The van der Waals surface area contributed by atoms with Crippen LogP contribution in [0.15, 0.2) is 18.2 Å². The Labute approximate surface area is 92.8 Å². The van der Waals surface area contributed by atoms with Crippen LogP contribution in [0.25, 0.3) is 0 Å². The third-order valence-electron chi connectivity index (χ3n) is 2.21. The van der Waals surface area contributed by atoms with Gasteiger partial charge in [0.05, 0.1) is 4.92 Å². The van der Waals surface area contributed by atoms with Gasteiger partial charge in [-0.2, -0.15) is 4.39 Å². The van der Waals surface area contributed by atoms with Crippen molar-refractivity contribution in [2.24, 2.45) is 5.73 Å². The van der Waals surface area contributed by atoms with E-state index in [1.165, 1.54) is 12.1 Å². The molecule has 0 spiro atoms. The summed E-state index contributed by atoms with van der Waals surface area (Å²) >= 11 is 0. The first-order valence-corrected chi connectivity index (χ1v) is 4.86. The fourth-order valence-corrected chi connectivity index (χ4v) is 1.42. The van der Waals surface area contributed by atoms with Crippen LogP contribution in [0.2, 0.25) is 0 Å². The van der Waals surface area contributed by atoms with E-state index in [1.54, 1.807) is 7.05 Å². The molecule has 0 bridgehead atoms. The maximum absolute atomic E-state index is 13.6. The lowest BCUT2D eigenvalue weighted by Gasteiger charge is -2.15. The van der Waals surface area contributed by atoms with Crippen LogP contribution >= 0.6 is 0 Å². The number of benzene rings is 1. The van der Waals surface area contributed by atoms with Gasteiger partial charge >= 0.3 is 5.69 Å². The highest BCUT2D eigenvalue weighted by Crippen LogP contribution is 2.20. The van der Waals surface area contributed by atoms with Crippen molar-refractivity contribution in [2.45, 2.75) is 6.54 Å². The largest absolute Gasteiger partial charge is 0.329 e. The van der Waals surface area contributed by atoms with Crippen molar-refractivity contribution in [2.75, 3.05) is 20.1 Å². The van der Waals surface area contributed by atoms with Crippen LogP contribution in [0.1, 0.15) is 5.56 Å². The molecule has 0 saturated carbocycles. The van der Waals surface area contributed by atoms with Crippen LogP contribution in [0, 0.1) is 15.9 Å². The highest BCUT2D eigenvalue weighted by Gasteiger charge is 2.17. The molecule has 1 aromatic rings. The van der Waals surface area contributed by atoms with Crippen LogP contribution in [0.4, 0.5) is 10.1 Å². The molecule has 6 heteroatoms.